The van der Waals surface area contributed by atoms with Crippen LogP contribution >= 0.6 is 23.2 Å². The van der Waals surface area contributed by atoms with Gasteiger partial charge in [-0.25, -0.2) is 0 Å². The first-order chi connectivity index (χ1) is 8.09. The Kier molecular flexibility index (Phi) is 4.91. The minimum absolute atomic E-state index is 0.0968. The van der Waals surface area contributed by atoms with Crippen LogP contribution in [-0.4, -0.2) is 10.8 Å². The maximum absolute atomic E-state index is 11.4. The van der Waals surface area contributed by atoms with Crippen LogP contribution in [-0.2, 0) is 0 Å². The van der Waals surface area contributed by atoms with E-state index in [1.54, 1.807) is 18.2 Å². The van der Waals surface area contributed by atoms with E-state index in [0.29, 0.717) is 21.1 Å². The molecule has 2 nitrogen and oxygen atoms in total. The minimum atomic E-state index is -0.0968. The highest BCUT2D eigenvalue weighted by molar-refractivity contribution is 6.36. The zero-order valence-electron chi connectivity index (χ0n) is 9.92. The molecule has 1 aromatic carbocycles. The number of halogens is 2. The van der Waals surface area contributed by atoms with Crippen LogP contribution in [0.15, 0.2) is 24.4 Å². The molecule has 0 saturated heterocycles. The first-order valence-corrected chi connectivity index (χ1v) is 6.10. The van der Waals surface area contributed by atoms with E-state index in [1.165, 1.54) is 13.1 Å². The van der Waals surface area contributed by atoms with Crippen molar-refractivity contribution in [3.05, 3.63) is 40.0 Å². The average molecular weight is 270 g/mol. The molecular weight excluding hydrogens is 257 g/mol. The maximum Gasteiger partial charge on any atom is 0.163 e. The van der Waals surface area contributed by atoms with Crippen molar-refractivity contribution in [1.82, 2.24) is 4.98 Å². The highest BCUT2D eigenvalue weighted by Crippen LogP contribution is 2.26. The van der Waals surface area contributed by atoms with Crippen molar-refractivity contribution < 1.29 is 4.79 Å². The fourth-order valence-electron chi connectivity index (χ4n) is 1.49. The van der Waals surface area contributed by atoms with E-state index in [0.717, 1.165) is 5.39 Å². The molecule has 0 unspecified atom stereocenters. The fourth-order valence-corrected chi connectivity index (χ4v) is 1.94. The third-order valence-electron chi connectivity index (χ3n) is 2.12. The lowest BCUT2D eigenvalue weighted by Gasteiger charge is -2.04. The van der Waals surface area contributed by atoms with Crippen LogP contribution in [0.5, 0.6) is 0 Å². The molecule has 0 aliphatic carbocycles. The summed E-state index contributed by atoms with van der Waals surface area (Å²) < 4.78 is 0. The molecule has 0 aliphatic heterocycles. The third-order valence-corrected chi connectivity index (χ3v) is 2.64. The highest BCUT2D eigenvalue weighted by Gasteiger charge is 2.11. The zero-order chi connectivity index (χ0) is 13.0. The van der Waals surface area contributed by atoms with Gasteiger partial charge >= 0.3 is 0 Å². The number of hydrogen-bond donors (Lipinski definition) is 0. The SMILES string of the molecule is CC.CC(=O)c1c(Cl)ccc2cc(Cl)cnc12. The van der Waals surface area contributed by atoms with Crippen molar-refractivity contribution in [2.45, 2.75) is 20.8 Å². The molecular formula is C13H13Cl2NO. The van der Waals surface area contributed by atoms with E-state index in [2.05, 4.69) is 4.98 Å². The van der Waals surface area contributed by atoms with Gasteiger partial charge in [0.25, 0.3) is 0 Å². The fraction of sp³-hybridized carbons (Fsp3) is 0.231. The van der Waals surface area contributed by atoms with Crippen molar-refractivity contribution in [2.24, 2.45) is 0 Å². The Morgan fingerprint density at radius 2 is 1.88 bits per heavy atom. The predicted octanol–water partition coefficient (Wildman–Crippen LogP) is 4.77. The van der Waals surface area contributed by atoms with Crippen molar-refractivity contribution in [2.75, 3.05) is 0 Å². The number of pyridine rings is 1. The van der Waals surface area contributed by atoms with E-state index in [9.17, 15) is 4.79 Å². The quantitative estimate of drug-likeness (QED) is 0.698. The number of nitrogens with zero attached hydrogens (tertiary/aromatic N) is 1. The Bertz CT molecular complexity index is 552. The first kappa shape index (κ1) is 13.9. The first-order valence-electron chi connectivity index (χ1n) is 5.34. The third kappa shape index (κ3) is 2.96. The molecule has 2 aromatic rings. The van der Waals surface area contributed by atoms with Gasteiger partial charge in [-0.2, -0.15) is 0 Å². The van der Waals surface area contributed by atoms with Crippen molar-refractivity contribution >= 4 is 39.9 Å². The molecule has 0 atom stereocenters. The van der Waals surface area contributed by atoms with E-state index in [4.69, 9.17) is 23.2 Å². The molecule has 0 amide bonds. The van der Waals surface area contributed by atoms with Gasteiger partial charge in [-0.1, -0.05) is 43.1 Å². The Labute approximate surface area is 111 Å². The molecule has 17 heavy (non-hydrogen) atoms. The van der Waals surface area contributed by atoms with Crippen LogP contribution in [0.3, 0.4) is 0 Å². The van der Waals surface area contributed by atoms with Gasteiger partial charge in [-0.3, -0.25) is 9.78 Å². The smallest absolute Gasteiger partial charge is 0.163 e. The molecule has 2 rings (SSSR count). The summed E-state index contributed by atoms with van der Waals surface area (Å²) in [6.45, 7) is 5.47. The number of fused-ring (bicyclic) bond motifs is 1. The van der Waals surface area contributed by atoms with Crippen LogP contribution in [0.1, 0.15) is 31.1 Å². The lowest BCUT2D eigenvalue weighted by molar-refractivity contribution is 0.101. The van der Waals surface area contributed by atoms with Gasteiger partial charge in [0.05, 0.1) is 21.1 Å². The number of rotatable bonds is 1. The summed E-state index contributed by atoms with van der Waals surface area (Å²) in [5, 5.41) is 1.78. The van der Waals surface area contributed by atoms with Crippen LogP contribution in [0.4, 0.5) is 0 Å². The predicted molar refractivity (Wildman–Crippen MR) is 73.1 cm³/mol. The van der Waals surface area contributed by atoms with E-state index in [-0.39, 0.29) is 5.78 Å². The van der Waals surface area contributed by atoms with Gasteiger partial charge in [0.2, 0.25) is 0 Å². The monoisotopic (exact) mass is 269 g/mol. The standard InChI is InChI=1S/C11H7Cl2NO.C2H6/c1-6(15)10-9(13)3-2-7-4-8(12)5-14-11(7)10;1-2/h2-5H,1H3;1-2H3. The van der Waals surface area contributed by atoms with Gasteiger partial charge in [0.15, 0.2) is 5.78 Å². The summed E-state index contributed by atoms with van der Waals surface area (Å²) in [6.07, 6.45) is 1.51. The molecule has 1 heterocycles. The Morgan fingerprint density at radius 1 is 1.24 bits per heavy atom. The van der Waals surface area contributed by atoms with E-state index in [1.807, 2.05) is 13.8 Å². The normalized spacial score (nSPS) is 9.71. The molecule has 0 aliphatic rings. The van der Waals surface area contributed by atoms with Crippen molar-refractivity contribution in [1.29, 1.82) is 0 Å². The Balaban J connectivity index is 0.000000686. The Morgan fingerprint density at radius 3 is 2.47 bits per heavy atom. The number of ketones is 1. The molecule has 0 N–H and O–H groups in total. The van der Waals surface area contributed by atoms with Crippen LogP contribution in [0.2, 0.25) is 10.0 Å². The summed E-state index contributed by atoms with van der Waals surface area (Å²) in [7, 11) is 0. The zero-order valence-corrected chi connectivity index (χ0v) is 11.4. The molecule has 0 bridgehead atoms. The topological polar surface area (TPSA) is 30.0 Å². The molecule has 90 valence electrons. The largest absolute Gasteiger partial charge is 0.294 e. The van der Waals surface area contributed by atoms with E-state index < -0.39 is 0 Å². The molecule has 0 radical (unpaired) electrons. The summed E-state index contributed by atoms with van der Waals surface area (Å²) in [6, 6.07) is 5.23. The van der Waals surface area contributed by atoms with Crippen LogP contribution in [0, 0.1) is 0 Å². The number of aromatic nitrogens is 1. The lowest BCUT2D eigenvalue weighted by Crippen LogP contribution is -1.96. The second kappa shape index (κ2) is 5.99. The van der Waals surface area contributed by atoms with Gasteiger partial charge in [-0.15, -0.1) is 0 Å². The maximum atomic E-state index is 11.4. The molecule has 0 fully saturated rings. The van der Waals surface area contributed by atoms with Crippen LogP contribution in [0.25, 0.3) is 10.9 Å². The van der Waals surface area contributed by atoms with Crippen LogP contribution < -0.4 is 0 Å². The van der Waals surface area contributed by atoms with Crippen molar-refractivity contribution in [3.8, 4) is 0 Å². The van der Waals surface area contributed by atoms with Gasteiger partial charge < -0.3 is 0 Å². The van der Waals surface area contributed by atoms with Gasteiger partial charge in [-0.05, 0) is 19.1 Å². The number of benzene rings is 1. The summed E-state index contributed by atoms with van der Waals surface area (Å²) in [5.41, 5.74) is 1.05. The summed E-state index contributed by atoms with van der Waals surface area (Å²) >= 11 is 11.8. The summed E-state index contributed by atoms with van der Waals surface area (Å²) in [5.74, 6) is -0.0968. The number of carbonyl (C=O) groups is 1. The summed E-state index contributed by atoms with van der Waals surface area (Å²) in [4.78, 5) is 15.5. The lowest BCUT2D eigenvalue weighted by atomic mass is 10.1. The number of carbonyl (C=O) groups excluding carboxylic acids is 1. The van der Waals surface area contributed by atoms with Crippen molar-refractivity contribution in [3.63, 3.8) is 0 Å². The average Bonchev–Trinajstić information content (AvgIpc) is 2.31. The van der Waals surface area contributed by atoms with Gasteiger partial charge in [0.1, 0.15) is 0 Å². The molecule has 1 aromatic heterocycles. The highest BCUT2D eigenvalue weighted by atomic mass is 35.5. The second-order valence-electron chi connectivity index (χ2n) is 3.20. The minimum Gasteiger partial charge on any atom is -0.294 e. The number of Topliss-reactive ketones (excluding diaryl/α,β-unsaturated/α-hetero) is 1. The molecule has 0 saturated carbocycles. The molecule has 4 heteroatoms. The van der Waals surface area contributed by atoms with E-state index >= 15 is 0 Å². The number of hydrogen-bond acceptors (Lipinski definition) is 2. The Hall–Kier alpha value is -1.12. The van der Waals surface area contributed by atoms with Gasteiger partial charge in [0, 0.05) is 11.6 Å². The second-order valence-corrected chi connectivity index (χ2v) is 4.05. The molecule has 0 spiro atoms.